The smallest absolute Gasteiger partial charge is 0.343 e. The van der Waals surface area contributed by atoms with Gasteiger partial charge in [-0.3, -0.25) is 0 Å². The first kappa shape index (κ1) is 6.97. The monoisotopic (exact) mass is 169 g/mol. The second-order valence-electron chi connectivity index (χ2n) is 2.14. The Morgan fingerprint density at radius 1 is 1.67 bits per heavy atom. The lowest BCUT2D eigenvalue weighted by molar-refractivity contribution is 0.0690. The SMILES string of the molecule is [2H]OC(=O)c1c(O)cccc1OC. The molecule has 0 atom stereocenters. The van der Waals surface area contributed by atoms with Gasteiger partial charge in [-0.25, -0.2) is 4.79 Å². The van der Waals surface area contributed by atoms with Gasteiger partial charge in [-0.15, -0.1) is 0 Å². The molecule has 1 aromatic carbocycles. The minimum Gasteiger partial charge on any atom is -0.507 e. The van der Waals surface area contributed by atoms with Gasteiger partial charge in [0.1, 0.15) is 17.1 Å². The maximum Gasteiger partial charge on any atom is 0.343 e. The average molecular weight is 169 g/mol. The summed E-state index contributed by atoms with van der Waals surface area (Å²) in [5.74, 6) is -1.04. The fourth-order valence-electron chi connectivity index (χ4n) is 0.895. The Bertz CT molecular complexity index is 324. The molecule has 4 heteroatoms. The summed E-state index contributed by atoms with van der Waals surface area (Å²) in [5, 5.41) is 13.0. The van der Waals surface area contributed by atoms with Crippen LogP contribution in [0.3, 0.4) is 0 Å². The maximum absolute atomic E-state index is 11.0. The second kappa shape index (κ2) is 3.13. The minimum atomic E-state index is -0.949. The molecule has 0 heterocycles. The number of hydrogen-bond donors (Lipinski definition) is 2. The molecule has 0 spiro atoms. The standard InChI is InChI=1S/C8H8O4/c1-12-6-4-2-3-5(9)7(6)8(10)11/h2-4,9H,1H3,(H,10,11)/i/hD. The van der Waals surface area contributed by atoms with Gasteiger partial charge in [0.15, 0.2) is 0 Å². The van der Waals surface area contributed by atoms with Crippen molar-refractivity contribution in [2.45, 2.75) is 0 Å². The van der Waals surface area contributed by atoms with E-state index in [1.807, 2.05) is 0 Å². The van der Waals surface area contributed by atoms with Crippen LogP contribution < -0.4 is 4.74 Å². The Morgan fingerprint density at radius 2 is 2.42 bits per heavy atom. The van der Waals surface area contributed by atoms with Crippen molar-refractivity contribution in [1.29, 1.82) is 1.43 Å². The van der Waals surface area contributed by atoms with Gasteiger partial charge in [-0.05, 0) is 12.1 Å². The predicted molar refractivity (Wildman–Crippen MR) is 41.6 cm³/mol. The molecule has 1 aromatic rings. The summed E-state index contributed by atoms with van der Waals surface area (Å²) in [7, 11) is 1.36. The average Bonchev–Trinajstić information content (AvgIpc) is 2.16. The highest BCUT2D eigenvalue weighted by atomic mass is 16.5. The molecule has 0 radical (unpaired) electrons. The van der Waals surface area contributed by atoms with Crippen LogP contribution in [-0.2, 0) is 0 Å². The Balaban J connectivity index is 3.22. The van der Waals surface area contributed by atoms with Crippen molar-refractivity contribution in [3.8, 4) is 11.5 Å². The number of carbonyl (C=O) groups is 1. The molecule has 0 aliphatic heterocycles. The molecule has 12 heavy (non-hydrogen) atoms. The van der Waals surface area contributed by atoms with Crippen molar-refractivity contribution >= 4 is 5.97 Å². The molecule has 4 nitrogen and oxygen atoms in total. The molecule has 2 N–H and O–H groups in total. The molecular formula is C8H8O4. The molecule has 0 bridgehead atoms. The van der Waals surface area contributed by atoms with Gasteiger partial charge in [-0.1, -0.05) is 6.07 Å². The molecule has 0 unspecified atom stereocenters. The van der Waals surface area contributed by atoms with Crippen LogP contribution in [0.15, 0.2) is 18.2 Å². The Kier molecular flexibility index (Phi) is 1.82. The van der Waals surface area contributed by atoms with Gasteiger partial charge >= 0.3 is 5.97 Å². The van der Waals surface area contributed by atoms with Crippen LogP contribution in [-0.4, -0.2) is 23.3 Å². The number of carboxylic acids is 1. The first-order chi connectivity index (χ1) is 6.20. The van der Waals surface area contributed by atoms with E-state index < -0.39 is 5.97 Å². The Morgan fingerprint density at radius 3 is 3.00 bits per heavy atom. The maximum atomic E-state index is 11.0. The van der Waals surface area contributed by atoms with E-state index in [0.717, 1.165) is 0 Å². The lowest BCUT2D eigenvalue weighted by atomic mass is 10.2. The summed E-state index contributed by atoms with van der Waals surface area (Å²) in [4.78, 5) is 11.0. The molecule has 0 saturated heterocycles. The molecule has 0 amide bonds. The third kappa shape index (κ3) is 1.32. The fourth-order valence-corrected chi connectivity index (χ4v) is 0.895. The Hall–Kier alpha value is -1.71. The second-order valence-corrected chi connectivity index (χ2v) is 2.14. The van der Waals surface area contributed by atoms with Crippen molar-refractivity contribution in [3.63, 3.8) is 0 Å². The van der Waals surface area contributed by atoms with Gasteiger partial charge in [0, 0.05) is 0 Å². The third-order valence-corrected chi connectivity index (χ3v) is 1.43. The number of phenols is 1. The lowest BCUT2D eigenvalue weighted by Crippen LogP contribution is -2.00. The highest BCUT2D eigenvalue weighted by molar-refractivity contribution is 5.93. The third-order valence-electron chi connectivity index (χ3n) is 1.43. The number of benzene rings is 1. The molecule has 0 aliphatic rings. The van der Waals surface area contributed by atoms with E-state index in [0.29, 0.717) is 0 Å². The van der Waals surface area contributed by atoms with E-state index in [2.05, 4.69) is 5.11 Å². The van der Waals surface area contributed by atoms with Crippen LogP contribution in [0.2, 0.25) is 0 Å². The molecule has 1 rings (SSSR count). The highest BCUT2D eigenvalue weighted by Crippen LogP contribution is 2.26. The summed E-state index contributed by atoms with van der Waals surface area (Å²) in [6.07, 6.45) is 0. The molecule has 64 valence electrons. The number of carboxylic acid groups (broad SMARTS) is 1. The van der Waals surface area contributed by atoms with Crippen molar-refractivity contribution in [2.24, 2.45) is 0 Å². The zero-order valence-electron chi connectivity index (χ0n) is 7.40. The van der Waals surface area contributed by atoms with Crippen molar-refractivity contribution in [2.75, 3.05) is 7.11 Å². The van der Waals surface area contributed by atoms with Crippen LogP contribution >= 0.6 is 0 Å². The fraction of sp³-hybridized carbons (Fsp3) is 0.125. The summed E-state index contributed by atoms with van der Waals surface area (Å²) >= 11 is 0. The number of ether oxygens (including phenoxy) is 1. The lowest BCUT2D eigenvalue weighted by Gasteiger charge is -2.04. The normalized spacial score (nSPS) is 10.2. The van der Waals surface area contributed by atoms with Crippen LogP contribution in [0.1, 0.15) is 10.4 Å². The van der Waals surface area contributed by atoms with Crippen molar-refractivity contribution in [1.82, 2.24) is 0 Å². The summed E-state index contributed by atoms with van der Waals surface area (Å²) in [6, 6.07) is 4.33. The van der Waals surface area contributed by atoms with Crippen LogP contribution in [0.5, 0.6) is 11.5 Å². The molecule has 0 saturated carbocycles. The molecular weight excluding hydrogens is 160 g/mol. The first-order valence-electron chi connectivity index (χ1n) is 3.65. The zero-order chi connectivity index (χ0) is 9.84. The quantitative estimate of drug-likeness (QED) is 0.695. The van der Waals surface area contributed by atoms with Crippen molar-refractivity contribution < 1.29 is 19.7 Å². The van der Waals surface area contributed by atoms with E-state index in [-0.39, 0.29) is 17.1 Å². The summed E-state index contributed by atoms with van der Waals surface area (Å²) in [6.45, 7) is 0. The number of hydrogen-bond acceptors (Lipinski definition) is 4. The van der Waals surface area contributed by atoms with Gasteiger partial charge in [0.05, 0.1) is 7.11 Å². The van der Waals surface area contributed by atoms with Gasteiger partial charge < -0.3 is 15.0 Å². The van der Waals surface area contributed by atoms with Gasteiger partial charge in [-0.2, -0.15) is 0 Å². The predicted octanol–water partition coefficient (Wildman–Crippen LogP) is 1.10. The molecule has 0 fully saturated rings. The first-order valence-corrected chi connectivity index (χ1v) is 3.24. The minimum absolute atomic E-state index is 0.139. The van der Waals surface area contributed by atoms with E-state index in [9.17, 15) is 9.90 Å². The van der Waals surface area contributed by atoms with E-state index in [1.54, 1.807) is 0 Å². The number of rotatable bonds is 2. The largest absolute Gasteiger partial charge is 0.507 e. The van der Waals surface area contributed by atoms with Crippen molar-refractivity contribution in [3.05, 3.63) is 23.8 Å². The van der Waals surface area contributed by atoms with Gasteiger partial charge in [0.2, 0.25) is 0 Å². The Labute approximate surface area is 70.5 Å². The van der Waals surface area contributed by atoms with Crippen LogP contribution in [0.25, 0.3) is 1.43 Å². The van der Waals surface area contributed by atoms with E-state index >= 15 is 0 Å². The highest BCUT2D eigenvalue weighted by Gasteiger charge is 2.14. The summed E-state index contributed by atoms with van der Waals surface area (Å²) in [5.41, 5.74) is -0.139. The number of aromatic carboxylic acids is 1. The van der Waals surface area contributed by atoms with Gasteiger partial charge in [0.25, 0.3) is 1.43 Å². The number of aromatic hydroxyl groups is 1. The number of methoxy groups -OCH3 is 1. The molecule has 0 aromatic heterocycles. The zero-order valence-corrected chi connectivity index (χ0v) is 6.40. The topological polar surface area (TPSA) is 66.8 Å². The van der Waals surface area contributed by atoms with Crippen LogP contribution in [0, 0.1) is 0 Å². The van der Waals surface area contributed by atoms with Crippen LogP contribution in [0.4, 0.5) is 0 Å². The van der Waals surface area contributed by atoms with E-state index in [1.165, 1.54) is 25.3 Å². The molecule has 0 aliphatic carbocycles. The summed E-state index contributed by atoms with van der Waals surface area (Å²) < 4.78 is 11.2. The van der Waals surface area contributed by atoms with E-state index in [4.69, 9.17) is 6.17 Å².